The minimum atomic E-state index is -0.400. The van der Waals surface area contributed by atoms with E-state index in [9.17, 15) is 5.11 Å². The van der Waals surface area contributed by atoms with Crippen molar-refractivity contribution in [1.29, 1.82) is 0 Å². The molecule has 1 atom stereocenters. The lowest BCUT2D eigenvalue weighted by molar-refractivity contribution is 0.0717. The quantitative estimate of drug-likeness (QED) is 0.901. The van der Waals surface area contributed by atoms with Crippen LogP contribution in [0.3, 0.4) is 0 Å². The topological polar surface area (TPSA) is 26.7 Å². The van der Waals surface area contributed by atoms with Crippen LogP contribution in [-0.2, 0) is 0 Å². The fraction of sp³-hybridized carbons (Fsp3) is 0.400. The molecule has 1 saturated heterocycles. The fourth-order valence-electron chi connectivity index (χ4n) is 3.36. The summed E-state index contributed by atoms with van der Waals surface area (Å²) in [4.78, 5) is 4.72. The molecule has 1 aliphatic heterocycles. The predicted octanol–water partition coefficient (Wildman–Crippen LogP) is 2.85. The largest absolute Gasteiger partial charge is 0.391 e. The van der Waals surface area contributed by atoms with E-state index in [0.29, 0.717) is 0 Å². The van der Waals surface area contributed by atoms with Crippen molar-refractivity contribution in [3.63, 3.8) is 0 Å². The molecule has 3 rings (SSSR count). The van der Waals surface area contributed by atoms with E-state index in [1.165, 1.54) is 11.1 Å². The van der Waals surface area contributed by atoms with Crippen LogP contribution in [0.2, 0.25) is 0 Å². The van der Waals surface area contributed by atoms with E-state index in [4.69, 9.17) is 0 Å². The van der Waals surface area contributed by atoms with Crippen molar-refractivity contribution in [3.8, 4) is 0 Å². The number of aliphatic hydroxyl groups excluding tert-OH is 1. The molecule has 4 heteroatoms. The first-order valence-electron chi connectivity index (χ1n) is 8.43. The van der Waals surface area contributed by atoms with Gasteiger partial charge in [-0.2, -0.15) is 0 Å². The summed E-state index contributed by atoms with van der Waals surface area (Å²) >= 11 is 0. The number of rotatable bonds is 5. The van der Waals surface area contributed by atoms with E-state index in [1.54, 1.807) is 0 Å². The Labute approximate surface area is 151 Å². The van der Waals surface area contributed by atoms with Gasteiger partial charge in [0.2, 0.25) is 0 Å². The second-order valence-electron chi connectivity index (χ2n) is 6.47. The summed E-state index contributed by atoms with van der Waals surface area (Å²) in [5.41, 5.74) is 2.36. The third-order valence-corrected chi connectivity index (χ3v) is 4.74. The molecule has 130 valence electrons. The lowest BCUT2D eigenvalue weighted by atomic mass is 9.86. The molecule has 2 aromatic carbocycles. The van der Waals surface area contributed by atoms with Crippen LogP contribution in [0.25, 0.3) is 0 Å². The van der Waals surface area contributed by atoms with E-state index in [1.807, 2.05) is 36.4 Å². The second kappa shape index (κ2) is 9.19. The molecule has 0 aliphatic carbocycles. The number of hydrogen-bond donors (Lipinski definition) is 1. The molecule has 0 radical (unpaired) electrons. The van der Waals surface area contributed by atoms with Crippen molar-refractivity contribution in [2.24, 2.45) is 0 Å². The first-order valence-corrected chi connectivity index (χ1v) is 8.43. The Hall–Kier alpha value is -1.39. The predicted molar refractivity (Wildman–Crippen MR) is 102 cm³/mol. The highest BCUT2D eigenvalue weighted by molar-refractivity contribution is 5.85. The van der Waals surface area contributed by atoms with Gasteiger partial charge >= 0.3 is 0 Å². The van der Waals surface area contributed by atoms with Crippen LogP contribution in [-0.4, -0.2) is 60.8 Å². The van der Waals surface area contributed by atoms with Crippen LogP contribution < -0.4 is 0 Å². The molecular formula is C20H27ClN2O. The molecule has 24 heavy (non-hydrogen) atoms. The summed E-state index contributed by atoms with van der Waals surface area (Å²) in [7, 11) is 2.16. The van der Waals surface area contributed by atoms with E-state index in [0.717, 1.165) is 32.7 Å². The van der Waals surface area contributed by atoms with Gasteiger partial charge < -0.3 is 10.0 Å². The molecule has 3 nitrogen and oxygen atoms in total. The molecule has 0 amide bonds. The monoisotopic (exact) mass is 346 g/mol. The highest BCUT2D eigenvalue weighted by atomic mass is 35.5. The number of nitrogens with zero attached hydrogens (tertiary/aromatic N) is 2. The van der Waals surface area contributed by atoms with E-state index in [2.05, 4.69) is 41.1 Å². The third kappa shape index (κ3) is 4.81. The average Bonchev–Trinajstić information content (AvgIpc) is 2.59. The summed E-state index contributed by atoms with van der Waals surface area (Å²) in [6.45, 7) is 4.94. The van der Waals surface area contributed by atoms with Crippen LogP contribution in [0.15, 0.2) is 60.7 Å². The van der Waals surface area contributed by atoms with Gasteiger partial charge in [-0.05, 0) is 18.2 Å². The normalized spacial score (nSPS) is 17.5. The van der Waals surface area contributed by atoms with Crippen molar-refractivity contribution >= 4 is 12.4 Å². The van der Waals surface area contributed by atoms with Crippen molar-refractivity contribution < 1.29 is 5.11 Å². The van der Waals surface area contributed by atoms with Crippen molar-refractivity contribution in [2.45, 2.75) is 12.0 Å². The molecule has 1 heterocycles. The lowest BCUT2D eigenvalue weighted by Crippen LogP contribution is -2.47. The Bertz CT molecular complexity index is 546. The fourth-order valence-corrected chi connectivity index (χ4v) is 3.36. The Balaban J connectivity index is 0.00000208. The molecule has 0 saturated carbocycles. The first-order chi connectivity index (χ1) is 11.2. The van der Waals surface area contributed by atoms with Gasteiger partial charge in [-0.3, -0.25) is 4.90 Å². The third-order valence-electron chi connectivity index (χ3n) is 4.74. The number of β-amino-alcohol motifs (C(OH)–C–C–N with tert-alkyl or cyclic N) is 1. The molecule has 1 unspecified atom stereocenters. The number of hydrogen-bond acceptors (Lipinski definition) is 3. The average molecular weight is 347 g/mol. The highest BCUT2D eigenvalue weighted by Gasteiger charge is 2.26. The molecule has 0 bridgehead atoms. The summed E-state index contributed by atoms with van der Waals surface area (Å²) < 4.78 is 0. The van der Waals surface area contributed by atoms with Gasteiger partial charge in [-0.15, -0.1) is 12.4 Å². The van der Waals surface area contributed by atoms with Gasteiger partial charge in [-0.1, -0.05) is 60.7 Å². The van der Waals surface area contributed by atoms with Gasteiger partial charge in [0.1, 0.15) is 0 Å². The zero-order valence-corrected chi connectivity index (χ0v) is 15.0. The van der Waals surface area contributed by atoms with Crippen LogP contribution in [0.5, 0.6) is 0 Å². The van der Waals surface area contributed by atoms with Crippen molar-refractivity contribution in [2.75, 3.05) is 39.8 Å². The number of benzene rings is 2. The summed E-state index contributed by atoms with van der Waals surface area (Å²) in [6.07, 6.45) is -0.400. The Morgan fingerprint density at radius 2 is 1.29 bits per heavy atom. The van der Waals surface area contributed by atoms with Gasteiger partial charge in [0, 0.05) is 38.6 Å². The first kappa shape index (κ1) is 18.9. The molecule has 1 fully saturated rings. The minimum absolute atomic E-state index is 0. The Kier molecular flexibility index (Phi) is 7.25. The summed E-state index contributed by atoms with van der Waals surface area (Å²) in [5.74, 6) is 0.0251. The smallest absolute Gasteiger partial charge is 0.0776 e. The SMILES string of the molecule is CN1CCN(CC(O)C(c2ccccc2)c2ccccc2)CC1.Cl. The molecule has 1 N–H and O–H groups in total. The van der Waals surface area contributed by atoms with E-state index in [-0.39, 0.29) is 18.3 Å². The van der Waals surface area contributed by atoms with Gasteiger partial charge in [-0.25, -0.2) is 0 Å². The highest BCUT2D eigenvalue weighted by Crippen LogP contribution is 2.28. The number of halogens is 1. The molecule has 1 aliphatic rings. The maximum atomic E-state index is 11.0. The molecule has 0 spiro atoms. The van der Waals surface area contributed by atoms with Crippen LogP contribution >= 0.6 is 12.4 Å². The Morgan fingerprint density at radius 1 is 0.833 bits per heavy atom. The van der Waals surface area contributed by atoms with Crippen molar-refractivity contribution in [3.05, 3.63) is 71.8 Å². The maximum absolute atomic E-state index is 11.0. The van der Waals surface area contributed by atoms with Crippen LogP contribution in [0.1, 0.15) is 17.0 Å². The molecular weight excluding hydrogens is 320 g/mol. The summed E-state index contributed by atoms with van der Waals surface area (Å²) in [6, 6.07) is 20.7. The zero-order valence-electron chi connectivity index (χ0n) is 14.2. The van der Waals surface area contributed by atoms with Gasteiger partial charge in [0.15, 0.2) is 0 Å². The number of piperazine rings is 1. The van der Waals surface area contributed by atoms with Crippen LogP contribution in [0, 0.1) is 0 Å². The minimum Gasteiger partial charge on any atom is -0.391 e. The standard InChI is InChI=1S/C20H26N2O.ClH/c1-21-12-14-22(15-13-21)16-19(23)20(17-8-4-2-5-9-17)18-10-6-3-7-11-18;/h2-11,19-20,23H,12-16H2,1H3;1H. The number of likely N-dealkylation sites (N-methyl/N-ethyl adjacent to an activating group) is 1. The van der Waals surface area contributed by atoms with E-state index < -0.39 is 6.10 Å². The Morgan fingerprint density at radius 3 is 1.75 bits per heavy atom. The van der Waals surface area contributed by atoms with Gasteiger partial charge in [0.25, 0.3) is 0 Å². The van der Waals surface area contributed by atoms with Gasteiger partial charge in [0.05, 0.1) is 6.10 Å². The van der Waals surface area contributed by atoms with Crippen LogP contribution in [0.4, 0.5) is 0 Å². The van der Waals surface area contributed by atoms with E-state index >= 15 is 0 Å². The van der Waals surface area contributed by atoms with Crippen molar-refractivity contribution in [1.82, 2.24) is 9.80 Å². The molecule has 0 aromatic heterocycles. The maximum Gasteiger partial charge on any atom is 0.0776 e. The second-order valence-corrected chi connectivity index (χ2v) is 6.47. The zero-order chi connectivity index (χ0) is 16.1. The lowest BCUT2D eigenvalue weighted by Gasteiger charge is -2.35. The molecule has 2 aromatic rings. The summed E-state index contributed by atoms with van der Waals surface area (Å²) in [5, 5.41) is 11.0. The number of aliphatic hydroxyl groups is 1.